The fraction of sp³-hybridized carbons (Fsp3) is 0.261. The van der Waals surface area contributed by atoms with Gasteiger partial charge in [0.05, 0.1) is 6.54 Å². The van der Waals surface area contributed by atoms with E-state index in [1.54, 1.807) is 31.2 Å². The van der Waals surface area contributed by atoms with Gasteiger partial charge in [-0.2, -0.15) is 4.98 Å². The van der Waals surface area contributed by atoms with Crippen LogP contribution in [0.1, 0.15) is 25.0 Å². The average Bonchev–Trinajstić information content (AvgIpc) is 3.12. The Labute approximate surface area is 192 Å². The van der Waals surface area contributed by atoms with Crippen molar-refractivity contribution in [1.82, 2.24) is 18.7 Å². The predicted molar refractivity (Wildman–Crippen MR) is 122 cm³/mol. The summed E-state index contributed by atoms with van der Waals surface area (Å²) in [7, 11) is 1.51. The van der Waals surface area contributed by atoms with Gasteiger partial charge in [0.25, 0.3) is 11.5 Å². The van der Waals surface area contributed by atoms with Crippen molar-refractivity contribution in [3.8, 4) is 11.8 Å². The second-order valence-corrected chi connectivity index (χ2v) is 8.12. The molecule has 2 aromatic carbocycles. The summed E-state index contributed by atoms with van der Waals surface area (Å²) in [5.41, 5.74) is -0.141. The van der Waals surface area contributed by atoms with Gasteiger partial charge in [-0.1, -0.05) is 35.9 Å². The highest BCUT2D eigenvalue weighted by molar-refractivity contribution is 6.30. The van der Waals surface area contributed by atoms with Crippen LogP contribution in [0, 0.1) is 0 Å². The lowest BCUT2D eigenvalue weighted by molar-refractivity contribution is 0.0173. The summed E-state index contributed by atoms with van der Waals surface area (Å²) in [6, 6.07) is 12.5. The highest BCUT2D eigenvalue weighted by atomic mass is 35.5. The molecule has 0 aliphatic rings. The number of imidazole rings is 1. The van der Waals surface area contributed by atoms with Crippen LogP contribution in [0.15, 0.2) is 58.1 Å². The van der Waals surface area contributed by atoms with E-state index in [4.69, 9.17) is 16.3 Å². The molecule has 33 heavy (non-hydrogen) atoms. The van der Waals surface area contributed by atoms with Crippen LogP contribution in [0.2, 0.25) is 5.02 Å². The summed E-state index contributed by atoms with van der Waals surface area (Å²) in [6.07, 6.45) is 0. The summed E-state index contributed by atoms with van der Waals surface area (Å²) in [5.74, 6) is -2.93. The van der Waals surface area contributed by atoms with E-state index in [-0.39, 0.29) is 41.6 Å². The number of rotatable bonds is 6. The topological polar surface area (TPSA) is 71.1 Å². The van der Waals surface area contributed by atoms with Gasteiger partial charge < -0.3 is 4.74 Å². The number of hydrogen-bond acceptors (Lipinski definition) is 4. The van der Waals surface area contributed by atoms with E-state index in [2.05, 4.69) is 4.98 Å². The molecular weight excluding hydrogens is 454 g/mol. The van der Waals surface area contributed by atoms with E-state index in [9.17, 15) is 18.4 Å². The summed E-state index contributed by atoms with van der Waals surface area (Å²) in [4.78, 5) is 30.2. The average molecular weight is 475 g/mol. The zero-order valence-electron chi connectivity index (χ0n) is 18.2. The van der Waals surface area contributed by atoms with Crippen LogP contribution >= 0.6 is 11.6 Å². The summed E-state index contributed by atoms with van der Waals surface area (Å²) < 4.78 is 37.4. The van der Waals surface area contributed by atoms with Crippen LogP contribution < -0.4 is 16.0 Å². The molecule has 10 heteroatoms. The second kappa shape index (κ2) is 8.47. The lowest BCUT2D eigenvalue weighted by Gasteiger charge is -2.13. The third-order valence-electron chi connectivity index (χ3n) is 5.32. The van der Waals surface area contributed by atoms with Crippen LogP contribution in [0.25, 0.3) is 11.2 Å². The molecular formula is C23H21ClF2N4O3. The van der Waals surface area contributed by atoms with Crippen LogP contribution in [-0.2, 0) is 26.1 Å². The molecule has 0 atom stereocenters. The predicted octanol–water partition coefficient (Wildman–Crippen LogP) is 4.52. The van der Waals surface area contributed by atoms with E-state index in [1.807, 2.05) is 0 Å². The Morgan fingerprint density at radius 2 is 1.79 bits per heavy atom. The minimum Gasteiger partial charge on any atom is -0.425 e. The Morgan fingerprint density at radius 1 is 1.09 bits per heavy atom. The van der Waals surface area contributed by atoms with Crippen LogP contribution in [0.3, 0.4) is 0 Å². The number of hydrogen-bond donors (Lipinski definition) is 0. The molecule has 0 spiro atoms. The van der Waals surface area contributed by atoms with E-state index >= 15 is 0 Å². The van der Waals surface area contributed by atoms with Gasteiger partial charge in [-0.05, 0) is 36.8 Å². The molecule has 2 heterocycles. The van der Waals surface area contributed by atoms with Crippen LogP contribution in [0.5, 0.6) is 11.8 Å². The Hall–Kier alpha value is -3.46. The SMILES string of the molecule is CCn1c(=O)c2c(nc(Oc3cccc(C(C)(F)F)c3)n2Cc2ccc(Cl)cc2)n(C)c1=O. The molecule has 0 saturated carbocycles. The Kier molecular flexibility index (Phi) is 5.84. The molecule has 2 aromatic heterocycles. The van der Waals surface area contributed by atoms with Gasteiger partial charge in [-0.15, -0.1) is 0 Å². The number of benzene rings is 2. The smallest absolute Gasteiger partial charge is 0.332 e. The van der Waals surface area contributed by atoms with Crippen LogP contribution in [0.4, 0.5) is 8.78 Å². The van der Waals surface area contributed by atoms with Crippen molar-refractivity contribution < 1.29 is 13.5 Å². The molecule has 0 aliphatic carbocycles. The summed E-state index contributed by atoms with van der Waals surface area (Å²) >= 11 is 5.99. The first-order valence-electron chi connectivity index (χ1n) is 10.2. The fourth-order valence-electron chi connectivity index (χ4n) is 3.57. The molecule has 0 aliphatic heterocycles. The minimum atomic E-state index is -3.05. The van der Waals surface area contributed by atoms with E-state index in [1.165, 1.54) is 40.4 Å². The molecule has 0 amide bonds. The third kappa shape index (κ3) is 4.28. The quantitative estimate of drug-likeness (QED) is 0.412. The number of halogens is 3. The van der Waals surface area contributed by atoms with E-state index in [0.717, 1.165) is 17.1 Å². The number of aromatic nitrogens is 4. The van der Waals surface area contributed by atoms with E-state index < -0.39 is 17.2 Å². The lowest BCUT2D eigenvalue weighted by Crippen LogP contribution is -2.39. The van der Waals surface area contributed by atoms with Crippen molar-refractivity contribution in [1.29, 1.82) is 0 Å². The molecule has 4 aromatic rings. The van der Waals surface area contributed by atoms with Crippen molar-refractivity contribution in [3.05, 3.63) is 85.5 Å². The molecule has 172 valence electrons. The van der Waals surface area contributed by atoms with Gasteiger partial charge in [-0.3, -0.25) is 18.5 Å². The van der Waals surface area contributed by atoms with Crippen molar-refractivity contribution in [2.45, 2.75) is 32.9 Å². The zero-order chi connectivity index (χ0) is 23.9. The molecule has 4 rings (SSSR count). The van der Waals surface area contributed by atoms with Gasteiger partial charge in [0.2, 0.25) is 0 Å². The van der Waals surface area contributed by atoms with Crippen molar-refractivity contribution in [2.75, 3.05) is 0 Å². The minimum absolute atomic E-state index is 0.00234. The van der Waals surface area contributed by atoms with Gasteiger partial charge in [0.15, 0.2) is 11.2 Å². The maximum Gasteiger partial charge on any atom is 0.332 e. The first-order valence-corrected chi connectivity index (χ1v) is 10.6. The van der Waals surface area contributed by atoms with E-state index in [0.29, 0.717) is 5.02 Å². The number of aryl methyl sites for hydroxylation is 1. The molecule has 0 N–H and O–H groups in total. The maximum absolute atomic E-state index is 13.8. The van der Waals surface area contributed by atoms with Gasteiger partial charge >= 0.3 is 11.7 Å². The first-order chi connectivity index (χ1) is 15.6. The monoisotopic (exact) mass is 474 g/mol. The molecule has 0 bridgehead atoms. The zero-order valence-corrected chi connectivity index (χ0v) is 18.9. The number of ether oxygens (including phenoxy) is 1. The van der Waals surface area contributed by atoms with Crippen molar-refractivity contribution in [3.63, 3.8) is 0 Å². The third-order valence-corrected chi connectivity index (χ3v) is 5.57. The Bertz CT molecular complexity index is 1450. The first kappa shape index (κ1) is 22.7. The molecule has 0 unspecified atom stereocenters. The Balaban J connectivity index is 1.92. The summed E-state index contributed by atoms with van der Waals surface area (Å²) in [6.45, 7) is 2.86. The largest absolute Gasteiger partial charge is 0.425 e. The van der Waals surface area contributed by atoms with Gasteiger partial charge in [-0.25, -0.2) is 13.6 Å². The number of nitrogens with zero attached hydrogens (tertiary/aromatic N) is 4. The molecule has 7 nitrogen and oxygen atoms in total. The molecule has 0 saturated heterocycles. The standard InChI is InChI=1S/C23H21ClF2N4O3/c1-4-29-20(31)18-19(28(3)22(29)32)27-21(30(18)13-14-8-10-16(24)11-9-14)33-17-7-5-6-15(12-17)23(2,25)26/h5-12H,4,13H2,1-3H3. The lowest BCUT2D eigenvalue weighted by atomic mass is 10.1. The fourth-order valence-corrected chi connectivity index (χ4v) is 3.69. The number of alkyl halides is 2. The van der Waals surface area contributed by atoms with Crippen molar-refractivity contribution >= 4 is 22.8 Å². The highest BCUT2D eigenvalue weighted by Crippen LogP contribution is 2.32. The summed E-state index contributed by atoms with van der Waals surface area (Å²) in [5, 5.41) is 0.554. The van der Waals surface area contributed by atoms with Crippen LogP contribution in [-0.4, -0.2) is 18.7 Å². The molecule has 0 fully saturated rings. The Morgan fingerprint density at radius 3 is 2.42 bits per heavy atom. The molecule has 0 radical (unpaired) electrons. The normalized spacial score (nSPS) is 11.8. The van der Waals surface area contributed by atoms with Gasteiger partial charge in [0, 0.05) is 31.1 Å². The second-order valence-electron chi connectivity index (χ2n) is 7.69. The maximum atomic E-state index is 13.8. The van der Waals surface area contributed by atoms with Crippen molar-refractivity contribution in [2.24, 2.45) is 7.05 Å². The van der Waals surface area contributed by atoms with Gasteiger partial charge in [0.1, 0.15) is 5.75 Å². The highest BCUT2D eigenvalue weighted by Gasteiger charge is 2.25. The number of fused-ring (bicyclic) bond motifs is 1.